The minimum atomic E-state index is -0.0564. The number of ether oxygens (including phenoxy) is 1. The maximum absolute atomic E-state index is 11.9. The Kier molecular flexibility index (Phi) is 5.26. The first-order valence-corrected chi connectivity index (χ1v) is 7.93. The molecule has 0 N–H and O–H groups in total. The molecule has 3 heteroatoms. The van der Waals surface area contributed by atoms with Crippen molar-refractivity contribution in [2.24, 2.45) is 17.8 Å². The van der Waals surface area contributed by atoms with Gasteiger partial charge >= 0.3 is 5.97 Å². The van der Waals surface area contributed by atoms with Crippen LogP contribution in [0.2, 0.25) is 0 Å². The minimum absolute atomic E-state index is 0.0379. The number of likely N-dealkylation sites (N-methyl/N-ethyl adjacent to an activating group) is 1. The van der Waals surface area contributed by atoms with E-state index in [0.717, 1.165) is 43.6 Å². The molecule has 4 unspecified atom stereocenters. The second-order valence-electron chi connectivity index (χ2n) is 6.56. The molecular formula is C16H29NO2. The lowest BCUT2D eigenvalue weighted by Crippen LogP contribution is -2.42. The molecule has 2 bridgehead atoms. The van der Waals surface area contributed by atoms with E-state index >= 15 is 0 Å². The minimum Gasteiger partial charge on any atom is -0.468 e. The molecule has 4 atom stereocenters. The standard InChI is InChI=1S/C16H29NO2/c1-4-5-6-15(16(18)19-3)17(2)11-14-10-12-7-8-13(14)9-12/h12-15H,4-11H2,1-3H3. The molecule has 0 radical (unpaired) electrons. The third kappa shape index (κ3) is 3.50. The van der Waals surface area contributed by atoms with Gasteiger partial charge in [0.2, 0.25) is 0 Å². The molecule has 0 aromatic rings. The van der Waals surface area contributed by atoms with Gasteiger partial charge in [-0.2, -0.15) is 0 Å². The van der Waals surface area contributed by atoms with Crippen molar-refractivity contribution in [3.63, 3.8) is 0 Å². The Bertz CT molecular complexity index is 305. The van der Waals surface area contributed by atoms with Gasteiger partial charge in [-0.05, 0) is 50.5 Å². The van der Waals surface area contributed by atoms with Gasteiger partial charge in [-0.15, -0.1) is 0 Å². The number of carbonyl (C=O) groups is 1. The first-order chi connectivity index (χ1) is 9.15. The average Bonchev–Trinajstić information content (AvgIpc) is 3.01. The molecule has 0 spiro atoms. The predicted molar refractivity (Wildman–Crippen MR) is 76.9 cm³/mol. The number of methoxy groups -OCH3 is 1. The SMILES string of the molecule is CCCCC(C(=O)OC)N(C)CC1CC2CCC1C2. The molecule has 2 fully saturated rings. The van der Waals surface area contributed by atoms with Gasteiger partial charge in [-0.1, -0.05) is 26.2 Å². The molecule has 2 rings (SSSR count). The topological polar surface area (TPSA) is 29.5 Å². The number of carbonyl (C=O) groups excluding carboxylic acids is 1. The maximum atomic E-state index is 11.9. The van der Waals surface area contributed by atoms with E-state index in [0.29, 0.717) is 0 Å². The first kappa shape index (κ1) is 14.8. The van der Waals surface area contributed by atoms with E-state index in [1.165, 1.54) is 32.8 Å². The van der Waals surface area contributed by atoms with Crippen LogP contribution in [0.4, 0.5) is 0 Å². The van der Waals surface area contributed by atoms with Crippen molar-refractivity contribution in [1.82, 2.24) is 4.90 Å². The van der Waals surface area contributed by atoms with Crippen molar-refractivity contribution in [2.75, 3.05) is 20.7 Å². The van der Waals surface area contributed by atoms with Crippen LogP contribution in [-0.2, 0) is 9.53 Å². The van der Waals surface area contributed by atoms with Gasteiger partial charge in [-0.25, -0.2) is 0 Å². The molecule has 2 saturated carbocycles. The molecule has 0 aromatic heterocycles. The monoisotopic (exact) mass is 267 g/mol. The maximum Gasteiger partial charge on any atom is 0.323 e. The Morgan fingerprint density at radius 2 is 2.16 bits per heavy atom. The Morgan fingerprint density at radius 1 is 1.37 bits per heavy atom. The summed E-state index contributed by atoms with van der Waals surface area (Å²) >= 11 is 0. The van der Waals surface area contributed by atoms with Crippen LogP contribution in [0, 0.1) is 17.8 Å². The summed E-state index contributed by atoms with van der Waals surface area (Å²) in [6.07, 6.45) is 8.85. The lowest BCUT2D eigenvalue weighted by Gasteiger charge is -2.31. The van der Waals surface area contributed by atoms with Crippen molar-refractivity contribution in [2.45, 2.75) is 57.9 Å². The van der Waals surface area contributed by atoms with Gasteiger partial charge < -0.3 is 4.74 Å². The van der Waals surface area contributed by atoms with Crippen molar-refractivity contribution < 1.29 is 9.53 Å². The summed E-state index contributed by atoms with van der Waals surface area (Å²) in [7, 11) is 3.61. The molecule has 0 heterocycles. The summed E-state index contributed by atoms with van der Waals surface area (Å²) < 4.78 is 4.98. The van der Waals surface area contributed by atoms with Crippen LogP contribution in [0.15, 0.2) is 0 Å². The zero-order valence-electron chi connectivity index (χ0n) is 12.7. The van der Waals surface area contributed by atoms with Gasteiger partial charge in [-0.3, -0.25) is 9.69 Å². The van der Waals surface area contributed by atoms with Crippen LogP contribution in [0.25, 0.3) is 0 Å². The number of hydrogen-bond donors (Lipinski definition) is 0. The van der Waals surface area contributed by atoms with E-state index in [1.54, 1.807) is 0 Å². The fourth-order valence-electron chi connectivity index (χ4n) is 4.15. The molecule has 19 heavy (non-hydrogen) atoms. The quantitative estimate of drug-likeness (QED) is 0.664. The number of hydrogen-bond acceptors (Lipinski definition) is 3. The Labute approximate surface area is 117 Å². The van der Waals surface area contributed by atoms with Crippen molar-refractivity contribution in [3.05, 3.63) is 0 Å². The van der Waals surface area contributed by atoms with E-state index in [2.05, 4.69) is 18.9 Å². The molecular weight excluding hydrogens is 238 g/mol. The number of unbranched alkanes of at least 4 members (excludes halogenated alkanes) is 1. The molecule has 110 valence electrons. The molecule has 3 nitrogen and oxygen atoms in total. The highest BCUT2D eigenvalue weighted by atomic mass is 16.5. The van der Waals surface area contributed by atoms with E-state index in [4.69, 9.17) is 4.74 Å². The van der Waals surface area contributed by atoms with Gasteiger partial charge in [0.05, 0.1) is 7.11 Å². The fourth-order valence-corrected chi connectivity index (χ4v) is 4.15. The van der Waals surface area contributed by atoms with Crippen LogP contribution < -0.4 is 0 Å². The zero-order chi connectivity index (χ0) is 13.8. The predicted octanol–water partition coefficient (Wildman–Crippen LogP) is 3.09. The van der Waals surface area contributed by atoms with Crippen molar-refractivity contribution >= 4 is 5.97 Å². The van der Waals surface area contributed by atoms with E-state index in [1.807, 2.05) is 0 Å². The van der Waals surface area contributed by atoms with E-state index in [-0.39, 0.29) is 12.0 Å². The van der Waals surface area contributed by atoms with Gasteiger partial charge in [0, 0.05) is 6.54 Å². The van der Waals surface area contributed by atoms with Crippen LogP contribution in [0.5, 0.6) is 0 Å². The summed E-state index contributed by atoms with van der Waals surface area (Å²) in [6, 6.07) is -0.0379. The second-order valence-corrected chi connectivity index (χ2v) is 6.56. The van der Waals surface area contributed by atoms with Gasteiger partial charge in [0.25, 0.3) is 0 Å². The van der Waals surface area contributed by atoms with Crippen LogP contribution >= 0.6 is 0 Å². The molecule has 0 amide bonds. The third-order valence-corrected chi connectivity index (χ3v) is 5.24. The highest BCUT2D eigenvalue weighted by Gasteiger charge is 2.40. The number of rotatable bonds is 7. The van der Waals surface area contributed by atoms with Crippen LogP contribution in [0.3, 0.4) is 0 Å². The number of esters is 1. The van der Waals surface area contributed by atoms with Crippen molar-refractivity contribution in [3.8, 4) is 0 Å². The van der Waals surface area contributed by atoms with Crippen LogP contribution in [0.1, 0.15) is 51.9 Å². The normalized spacial score (nSPS) is 30.8. The first-order valence-electron chi connectivity index (χ1n) is 7.93. The summed E-state index contributed by atoms with van der Waals surface area (Å²) in [4.78, 5) is 14.2. The van der Waals surface area contributed by atoms with Gasteiger partial charge in [0.15, 0.2) is 0 Å². The number of nitrogens with zero attached hydrogens (tertiary/aromatic N) is 1. The zero-order valence-corrected chi connectivity index (χ0v) is 12.7. The molecule has 2 aliphatic carbocycles. The van der Waals surface area contributed by atoms with E-state index in [9.17, 15) is 4.79 Å². The largest absolute Gasteiger partial charge is 0.468 e. The average molecular weight is 267 g/mol. The highest BCUT2D eigenvalue weighted by Crippen LogP contribution is 2.48. The summed E-state index contributed by atoms with van der Waals surface area (Å²) in [5.41, 5.74) is 0. The van der Waals surface area contributed by atoms with Crippen molar-refractivity contribution in [1.29, 1.82) is 0 Å². The highest BCUT2D eigenvalue weighted by molar-refractivity contribution is 5.75. The summed E-state index contributed by atoms with van der Waals surface area (Å²) in [5.74, 6) is 2.67. The Hall–Kier alpha value is -0.570. The molecule has 0 aliphatic heterocycles. The van der Waals surface area contributed by atoms with E-state index < -0.39 is 0 Å². The lowest BCUT2D eigenvalue weighted by atomic mass is 9.88. The summed E-state index contributed by atoms with van der Waals surface area (Å²) in [5, 5.41) is 0. The lowest BCUT2D eigenvalue weighted by molar-refractivity contribution is -0.147. The Balaban J connectivity index is 1.87. The van der Waals surface area contributed by atoms with Crippen LogP contribution in [-0.4, -0.2) is 37.6 Å². The van der Waals surface area contributed by atoms with Gasteiger partial charge in [0.1, 0.15) is 6.04 Å². The fraction of sp³-hybridized carbons (Fsp3) is 0.938. The molecule has 0 aromatic carbocycles. The number of fused-ring (bicyclic) bond motifs is 2. The molecule has 2 aliphatic rings. The smallest absolute Gasteiger partial charge is 0.323 e. The second kappa shape index (κ2) is 6.74. The molecule has 0 saturated heterocycles. The summed E-state index contributed by atoms with van der Waals surface area (Å²) in [6.45, 7) is 3.24. The Morgan fingerprint density at radius 3 is 2.68 bits per heavy atom. The third-order valence-electron chi connectivity index (χ3n) is 5.24.